The number of nitrogens with one attached hydrogen (secondary N) is 1. The van der Waals surface area contributed by atoms with Gasteiger partial charge >= 0.3 is 0 Å². The van der Waals surface area contributed by atoms with Crippen molar-refractivity contribution < 1.29 is 4.79 Å². The lowest BCUT2D eigenvalue weighted by Crippen LogP contribution is -2.29. The standard InChI is InChI=1S/C23H20N4O2/c1-16-8-10-18(11-9-16)22(28)25-14-21-19-6-2-3-7-20(19)23(29)27(26-21)15-17-5-4-12-24-13-17/h2-13H,14-15H2,1H3,(H,25,28). The molecule has 29 heavy (non-hydrogen) atoms. The van der Waals surface area contributed by atoms with Crippen molar-refractivity contribution in [2.45, 2.75) is 20.0 Å². The summed E-state index contributed by atoms with van der Waals surface area (Å²) in [5.74, 6) is -0.180. The topological polar surface area (TPSA) is 76.9 Å². The fourth-order valence-electron chi connectivity index (χ4n) is 3.18. The molecule has 2 aromatic heterocycles. The summed E-state index contributed by atoms with van der Waals surface area (Å²) in [5, 5.41) is 8.76. The van der Waals surface area contributed by atoms with Gasteiger partial charge in [-0.15, -0.1) is 0 Å². The predicted molar refractivity (Wildman–Crippen MR) is 112 cm³/mol. The molecule has 4 rings (SSSR count). The van der Waals surface area contributed by atoms with Gasteiger partial charge in [0.2, 0.25) is 0 Å². The van der Waals surface area contributed by atoms with Gasteiger partial charge in [0.05, 0.1) is 24.2 Å². The number of carbonyl (C=O) groups excluding carboxylic acids is 1. The molecule has 0 aliphatic heterocycles. The molecule has 2 aromatic carbocycles. The second-order valence-electron chi connectivity index (χ2n) is 6.87. The summed E-state index contributed by atoms with van der Waals surface area (Å²) in [7, 11) is 0. The highest BCUT2D eigenvalue weighted by Crippen LogP contribution is 2.14. The molecule has 1 N–H and O–H groups in total. The maximum absolute atomic E-state index is 12.9. The summed E-state index contributed by atoms with van der Waals surface area (Å²) in [6, 6.07) is 18.4. The molecule has 0 spiro atoms. The molecule has 0 fully saturated rings. The van der Waals surface area contributed by atoms with Crippen LogP contribution in [0.25, 0.3) is 10.8 Å². The first kappa shape index (κ1) is 18.6. The van der Waals surface area contributed by atoms with Crippen LogP contribution in [0.3, 0.4) is 0 Å². The maximum atomic E-state index is 12.9. The van der Waals surface area contributed by atoms with E-state index in [1.54, 1.807) is 30.6 Å². The first-order valence-corrected chi connectivity index (χ1v) is 9.34. The van der Waals surface area contributed by atoms with Gasteiger partial charge in [-0.2, -0.15) is 5.10 Å². The zero-order chi connectivity index (χ0) is 20.2. The van der Waals surface area contributed by atoms with Crippen LogP contribution in [-0.2, 0) is 13.1 Å². The van der Waals surface area contributed by atoms with Gasteiger partial charge in [-0.05, 0) is 36.8 Å². The number of aromatic nitrogens is 3. The minimum Gasteiger partial charge on any atom is -0.346 e. The number of amides is 1. The molecule has 144 valence electrons. The summed E-state index contributed by atoms with van der Waals surface area (Å²) < 4.78 is 1.42. The Labute approximate surface area is 167 Å². The molecule has 1 amide bonds. The van der Waals surface area contributed by atoms with E-state index < -0.39 is 0 Å². The molecule has 0 radical (unpaired) electrons. The molecule has 0 saturated heterocycles. The molecule has 0 aliphatic rings. The summed E-state index contributed by atoms with van der Waals surface area (Å²) >= 11 is 0. The molecular formula is C23H20N4O2. The quantitative estimate of drug-likeness (QED) is 0.574. The van der Waals surface area contributed by atoms with E-state index in [1.165, 1.54) is 4.68 Å². The van der Waals surface area contributed by atoms with Crippen LogP contribution >= 0.6 is 0 Å². The van der Waals surface area contributed by atoms with Crippen molar-refractivity contribution in [2.75, 3.05) is 0 Å². The summed E-state index contributed by atoms with van der Waals surface area (Å²) in [4.78, 5) is 29.5. The van der Waals surface area contributed by atoms with Gasteiger partial charge in [0.15, 0.2) is 0 Å². The SMILES string of the molecule is Cc1ccc(C(=O)NCc2nn(Cc3cccnc3)c(=O)c3ccccc23)cc1. The Morgan fingerprint density at radius 2 is 1.76 bits per heavy atom. The van der Waals surface area contributed by atoms with Crippen LogP contribution in [0.1, 0.15) is 27.2 Å². The van der Waals surface area contributed by atoms with Gasteiger partial charge < -0.3 is 5.32 Å². The molecule has 6 nitrogen and oxygen atoms in total. The Morgan fingerprint density at radius 3 is 2.48 bits per heavy atom. The zero-order valence-corrected chi connectivity index (χ0v) is 16.0. The molecule has 0 aliphatic carbocycles. The number of fused-ring (bicyclic) bond motifs is 1. The third-order valence-electron chi connectivity index (χ3n) is 4.73. The average Bonchev–Trinajstić information content (AvgIpc) is 2.76. The number of carbonyl (C=O) groups is 1. The van der Waals surface area contributed by atoms with E-state index in [-0.39, 0.29) is 18.0 Å². The van der Waals surface area contributed by atoms with E-state index in [4.69, 9.17) is 0 Å². The number of aryl methyl sites for hydroxylation is 1. The highest BCUT2D eigenvalue weighted by Gasteiger charge is 2.12. The monoisotopic (exact) mass is 384 g/mol. The Hall–Kier alpha value is -3.80. The number of benzene rings is 2. The highest BCUT2D eigenvalue weighted by atomic mass is 16.1. The Kier molecular flexibility index (Phi) is 5.16. The number of pyridine rings is 1. The minimum atomic E-state index is -0.180. The summed E-state index contributed by atoms with van der Waals surface area (Å²) in [6.07, 6.45) is 3.40. The number of hydrogen-bond acceptors (Lipinski definition) is 4. The lowest BCUT2D eigenvalue weighted by atomic mass is 10.1. The van der Waals surface area contributed by atoms with Crippen molar-refractivity contribution in [3.05, 3.63) is 106 Å². The Morgan fingerprint density at radius 1 is 1.00 bits per heavy atom. The van der Waals surface area contributed by atoms with E-state index in [2.05, 4.69) is 15.4 Å². The van der Waals surface area contributed by atoms with Crippen LogP contribution in [0, 0.1) is 6.92 Å². The van der Waals surface area contributed by atoms with Crippen molar-refractivity contribution in [2.24, 2.45) is 0 Å². The normalized spacial score (nSPS) is 10.8. The van der Waals surface area contributed by atoms with Gasteiger partial charge in [0, 0.05) is 23.3 Å². The molecule has 0 unspecified atom stereocenters. The van der Waals surface area contributed by atoms with Crippen LogP contribution < -0.4 is 10.9 Å². The second kappa shape index (κ2) is 8.06. The average molecular weight is 384 g/mol. The van der Waals surface area contributed by atoms with Crippen molar-refractivity contribution in [1.82, 2.24) is 20.1 Å². The summed E-state index contributed by atoms with van der Waals surface area (Å²) in [5.41, 5.74) is 3.04. The van der Waals surface area contributed by atoms with Gasteiger partial charge in [0.25, 0.3) is 11.5 Å². The van der Waals surface area contributed by atoms with Crippen molar-refractivity contribution in [3.8, 4) is 0 Å². The van der Waals surface area contributed by atoms with Crippen LogP contribution in [-0.4, -0.2) is 20.7 Å². The Balaban J connectivity index is 1.66. The number of nitrogens with zero attached hydrogens (tertiary/aromatic N) is 3. The molecule has 0 saturated carbocycles. The third-order valence-corrected chi connectivity index (χ3v) is 4.73. The zero-order valence-electron chi connectivity index (χ0n) is 16.0. The lowest BCUT2D eigenvalue weighted by Gasteiger charge is -2.12. The summed E-state index contributed by atoms with van der Waals surface area (Å²) in [6.45, 7) is 2.51. The fraction of sp³-hybridized carbons (Fsp3) is 0.130. The lowest BCUT2D eigenvalue weighted by molar-refractivity contribution is 0.0950. The highest BCUT2D eigenvalue weighted by molar-refractivity contribution is 5.94. The largest absolute Gasteiger partial charge is 0.346 e. The number of rotatable bonds is 5. The van der Waals surface area contributed by atoms with Crippen molar-refractivity contribution in [3.63, 3.8) is 0 Å². The smallest absolute Gasteiger partial charge is 0.274 e. The van der Waals surface area contributed by atoms with Gasteiger partial charge in [-0.25, -0.2) is 4.68 Å². The molecular weight excluding hydrogens is 364 g/mol. The van der Waals surface area contributed by atoms with Gasteiger partial charge in [-0.3, -0.25) is 14.6 Å². The van der Waals surface area contributed by atoms with E-state index in [1.807, 2.05) is 49.4 Å². The van der Waals surface area contributed by atoms with E-state index in [0.29, 0.717) is 23.2 Å². The predicted octanol–water partition coefficient (Wildman–Crippen LogP) is 3.08. The first-order chi connectivity index (χ1) is 14.1. The number of hydrogen-bond donors (Lipinski definition) is 1. The van der Waals surface area contributed by atoms with Crippen LogP contribution in [0.15, 0.2) is 77.9 Å². The van der Waals surface area contributed by atoms with Gasteiger partial charge in [0.1, 0.15) is 0 Å². The molecule has 0 bridgehead atoms. The first-order valence-electron chi connectivity index (χ1n) is 9.34. The van der Waals surface area contributed by atoms with E-state index in [0.717, 1.165) is 16.5 Å². The minimum absolute atomic E-state index is 0.168. The van der Waals surface area contributed by atoms with Crippen molar-refractivity contribution in [1.29, 1.82) is 0 Å². The van der Waals surface area contributed by atoms with E-state index in [9.17, 15) is 9.59 Å². The van der Waals surface area contributed by atoms with Crippen LogP contribution in [0.2, 0.25) is 0 Å². The molecule has 0 atom stereocenters. The van der Waals surface area contributed by atoms with Gasteiger partial charge in [-0.1, -0.05) is 42.0 Å². The molecule has 4 aromatic rings. The van der Waals surface area contributed by atoms with Crippen molar-refractivity contribution >= 4 is 16.7 Å². The fourth-order valence-corrected chi connectivity index (χ4v) is 3.18. The maximum Gasteiger partial charge on any atom is 0.274 e. The molecule has 2 heterocycles. The Bertz CT molecular complexity index is 1220. The van der Waals surface area contributed by atoms with Crippen LogP contribution in [0.5, 0.6) is 0 Å². The third kappa shape index (κ3) is 4.06. The second-order valence-corrected chi connectivity index (χ2v) is 6.87. The molecule has 6 heteroatoms. The van der Waals surface area contributed by atoms with E-state index >= 15 is 0 Å². The van der Waals surface area contributed by atoms with Crippen LogP contribution in [0.4, 0.5) is 0 Å².